The molecule has 0 radical (unpaired) electrons. The molecule has 4 saturated carbocycles. The van der Waals surface area contributed by atoms with Crippen molar-refractivity contribution in [2.24, 2.45) is 22.7 Å². The molecule has 2 nitrogen and oxygen atoms in total. The molecule has 0 spiro atoms. The fourth-order valence-electron chi connectivity index (χ4n) is 5.96. The van der Waals surface area contributed by atoms with Crippen LogP contribution in [0, 0.1) is 22.7 Å². The number of aromatic nitrogens is 1. The van der Waals surface area contributed by atoms with E-state index in [1.807, 2.05) is 18.3 Å². The summed E-state index contributed by atoms with van der Waals surface area (Å²) in [6.07, 6.45) is 9.62. The predicted octanol–water partition coefficient (Wildman–Crippen LogP) is 3.65. The Morgan fingerprint density at radius 2 is 2.00 bits per heavy atom. The van der Waals surface area contributed by atoms with Crippen molar-refractivity contribution in [3.63, 3.8) is 0 Å². The molecule has 4 aliphatic carbocycles. The quantitative estimate of drug-likeness (QED) is 0.819. The lowest BCUT2D eigenvalue weighted by atomic mass is 9.43. The summed E-state index contributed by atoms with van der Waals surface area (Å²) in [7, 11) is 0. The third-order valence-corrected chi connectivity index (χ3v) is 5.90. The lowest BCUT2D eigenvalue weighted by Crippen LogP contribution is -2.53. The molecular weight excluding hydrogens is 222 g/mol. The topological polar surface area (TPSA) is 36.0 Å². The molecule has 2 heteroatoms. The highest BCUT2D eigenvalue weighted by molar-refractivity contribution is 5.16. The van der Waals surface area contributed by atoms with Crippen LogP contribution in [0.5, 0.6) is 0 Å². The lowest BCUT2D eigenvalue weighted by molar-refractivity contribution is -0.156. The molecule has 0 amide bonds. The zero-order chi connectivity index (χ0) is 12.4. The monoisotopic (exact) mass is 245 g/mol. The predicted molar refractivity (Wildman–Crippen MR) is 71.0 cm³/mol. The maximum absolute atomic E-state index is 10.9. The molecule has 98 valence electrons. The summed E-state index contributed by atoms with van der Waals surface area (Å²) in [4.78, 5) is 3.22. The molecule has 3 unspecified atom stereocenters. The molecule has 1 heterocycles. The zero-order valence-corrected chi connectivity index (χ0v) is 11.2. The number of aliphatic hydroxyl groups is 1. The van der Waals surface area contributed by atoms with Crippen LogP contribution < -0.4 is 0 Å². The van der Waals surface area contributed by atoms with E-state index in [0.717, 1.165) is 17.5 Å². The van der Waals surface area contributed by atoms with Crippen molar-refractivity contribution < 1.29 is 5.11 Å². The molecular formula is C16H23NO. The normalized spacial score (nSPS) is 47.4. The minimum Gasteiger partial charge on any atom is -0.386 e. The minimum atomic E-state index is -0.280. The van der Waals surface area contributed by atoms with E-state index in [-0.39, 0.29) is 11.5 Å². The van der Waals surface area contributed by atoms with Gasteiger partial charge in [-0.15, -0.1) is 0 Å². The van der Waals surface area contributed by atoms with Crippen LogP contribution in [0.4, 0.5) is 0 Å². The van der Waals surface area contributed by atoms with E-state index in [9.17, 15) is 5.11 Å². The van der Waals surface area contributed by atoms with Crippen LogP contribution in [0.15, 0.2) is 18.3 Å². The maximum Gasteiger partial charge on any atom is 0.0993 e. The fourth-order valence-corrected chi connectivity index (χ4v) is 5.96. The van der Waals surface area contributed by atoms with Crippen LogP contribution in [-0.4, -0.2) is 10.1 Å². The van der Waals surface area contributed by atoms with E-state index >= 15 is 0 Å². The summed E-state index contributed by atoms with van der Waals surface area (Å²) in [5, 5.41) is 10.9. The third kappa shape index (κ3) is 1.45. The SMILES string of the molecule is CC12CC3CC(C1)CC(C(O)c1ccc[nH]1)(C3)C2. The summed E-state index contributed by atoms with van der Waals surface area (Å²) in [6, 6.07) is 4.05. The van der Waals surface area contributed by atoms with E-state index in [2.05, 4.69) is 11.9 Å². The Morgan fingerprint density at radius 3 is 2.56 bits per heavy atom. The Hall–Kier alpha value is -0.760. The molecule has 0 aromatic carbocycles. The van der Waals surface area contributed by atoms with Crippen LogP contribution in [0.2, 0.25) is 0 Å². The average molecular weight is 245 g/mol. The summed E-state index contributed by atoms with van der Waals surface area (Å²) in [6.45, 7) is 2.46. The Bertz CT molecular complexity index is 436. The average Bonchev–Trinajstić information content (AvgIpc) is 2.77. The number of aliphatic hydroxyl groups excluding tert-OH is 1. The van der Waals surface area contributed by atoms with Gasteiger partial charge in [0.05, 0.1) is 6.10 Å². The first-order valence-corrected chi connectivity index (χ1v) is 7.40. The second kappa shape index (κ2) is 3.41. The van der Waals surface area contributed by atoms with E-state index in [1.54, 1.807) is 0 Å². The van der Waals surface area contributed by atoms with Crippen molar-refractivity contribution in [2.75, 3.05) is 0 Å². The molecule has 4 aliphatic rings. The van der Waals surface area contributed by atoms with Crippen molar-refractivity contribution in [1.29, 1.82) is 0 Å². The first kappa shape index (κ1) is 11.1. The third-order valence-electron chi connectivity index (χ3n) is 5.90. The molecule has 18 heavy (non-hydrogen) atoms. The number of rotatable bonds is 2. The van der Waals surface area contributed by atoms with Gasteiger partial charge in [0.2, 0.25) is 0 Å². The Balaban J connectivity index is 1.71. The zero-order valence-electron chi connectivity index (χ0n) is 11.2. The molecule has 3 atom stereocenters. The summed E-state index contributed by atoms with van der Waals surface area (Å²) in [5.74, 6) is 1.75. The summed E-state index contributed by atoms with van der Waals surface area (Å²) >= 11 is 0. The number of aromatic amines is 1. The smallest absolute Gasteiger partial charge is 0.0993 e. The molecule has 4 bridgehead atoms. The standard InChI is InChI=1S/C16H23NO/c1-15-6-11-5-12(7-15)9-16(8-11,10-15)14(18)13-3-2-4-17-13/h2-4,11-12,14,17-18H,5-10H2,1H3. The van der Waals surface area contributed by atoms with Gasteiger partial charge >= 0.3 is 0 Å². The Morgan fingerprint density at radius 1 is 1.28 bits per heavy atom. The summed E-state index contributed by atoms with van der Waals surface area (Å²) in [5.41, 5.74) is 1.71. The highest BCUT2D eigenvalue weighted by atomic mass is 16.3. The van der Waals surface area contributed by atoms with Crippen molar-refractivity contribution in [2.45, 2.75) is 51.6 Å². The van der Waals surface area contributed by atoms with Gasteiger partial charge in [-0.1, -0.05) is 6.92 Å². The van der Waals surface area contributed by atoms with Gasteiger partial charge in [-0.05, 0) is 67.9 Å². The second-order valence-corrected chi connectivity index (χ2v) is 7.66. The van der Waals surface area contributed by atoms with Crippen molar-refractivity contribution >= 4 is 0 Å². The number of hydrogen-bond donors (Lipinski definition) is 2. The molecule has 0 aliphatic heterocycles. The maximum atomic E-state index is 10.9. The molecule has 0 saturated heterocycles. The summed E-state index contributed by atoms with van der Waals surface area (Å²) < 4.78 is 0. The Labute approximate surface area is 109 Å². The van der Waals surface area contributed by atoms with Gasteiger partial charge < -0.3 is 10.1 Å². The van der Waals surface area contributed by atoms with Crippen LogP contribution in [0.1, 0.15) is 57.2 Å². The minimum absolute atomic E-state index is 0.170. The van der Waals surface area contributed by atoms with E-state index in [4.69, 9.17) is 0 Å². The Kier molecular flexibility index (Phi) is 2.10. The molecule has 1 aromatic rings. The van der Waals surface area contributed by atoms with Crippen LogP contribution in [-0.2, 0) is 0 Å². The highest BCUT2D eigenvalue weighted by Crippen LogP contribution is 2.68. The van der Waals surface area contributed by atoms with Gasteiger partial charge in [0.1, 0.15) is 0 Å². The molecule has 1 aromatic heterocycles. The number of nitrogens with one attached hydrogen (secondary N) is 1. The first-order chi connectivity index (χ1) is 8.59. The number of H-pyrrole nitrogens is 1. The molecule has 2 N–H and O–H groups in total. The van der Waals surface area contributed by atoms with Gasteiger partial charge in [-0.2, -0.15) is 0 Å². The van der Waals surface area contributed by atoms with Gasteiger partial charge in [-0.3, -0.25) is 0 Å². The fraction of sp³-hybridized carbons (Fsp3) is 0.750. The van der Waals surface area contributed by atoms with Crippen LogP contribution in [0.3, 0.4) is 0 Å². The van der Waals surface area contributed by atoms with Crippen molar-refractivity contribution in [1.82, 2.24) is 4.98 Å². The van der Waals surface area contributed by atoms with E-state index < -0.39 is 0 Å². The van der Waals surface area contributed by atoms with Gasteiger partial charge in [0.15, 0.2) is 0 Å². The van der Waals surface area contributed by atoms with Gasteiger partial charge in [-0.25, -0.2) is 0 Å². The largest absolute Gasteiger partial charge is 0.386 e. The molecule has 4 fully saturated rings. The lowest BCUT2D eigenvalue weighted by Gasteiger charge is -2.62. The first-order valence-electron chi connectivity index (χ1n) is 7.40. The van der Waals surface area contributed by atoms with Crippen LogP contribution >= 0.6 is 0 Å². The van der Waals surface area contributed by atoms with Crippen LogP contribution in [0.25, 0.3) is 0 Å². The van der Waals surface area contributed by atoms with Crippen molar-refractivity contribution in [3.05, 3.63) is 24.0 Å². The van der Waals surface area contributed by atoms with E-state index in [0.29, 0.717) is 5.41 Å². The van der Waals surface area contributed by atoms with E-state index in [1.165, 1.54) is 38.5 Å². The molecule has 5 rings (SSSR count). The second-order valence-electron chi connectivity index (χ2n) is 7.66. The van der Waals surface area contributed by atoms with Gasteiger partial charge in [0, 0.05) is 17.3 Å². The number of hydrogen-bond acceptors (Lipinski definition) is 1. The van der Waals surface area contributed by atoms with Gasteiger partial charge in [0.25, 0.3) is 0 Å². The van der Waals surface area contributed by atoms with Crippen molar-refractivity contribution in [3.8, 4) is 0 Å². The highest BCUT2D eigenvalue weighted by Gasteiger charge is 2.58.